The van der Waals surface area contributed by atoms with Crippen LogP contribution in [0.1, 0.15) is 26.5 Å². The van der Waals surface area contributed by atoms with Gasteiger partial charge >= 0.3 is 5.82 Å². The Labute approximate surface area is 82.1 Å². The monoisotopic (exact) mass is 198 g/mol. The third-order valence-corrected chi connectivity index (χ3v) is 1.89. The van der Waals surface area contributed by atoms with Crippen molar-refractivity contribution >= 4 is 5.82 Å². The molecule has 78 valence electrons. The van der Waals surface area contributed by atoms with Crippen LogP contribution in [0.4, 0.5) is 5.82 Å². The summed E-state index contributed by atoms with van der Waals surface area (Å²) in [5, 5.41) is 17.9. The van der Waals surface area contributed by atoms with Gasteiger partial charge < -0.3 is 10.1 Å². The van der Waals surface area contributed by atoms with Gasteiger partial charge in [-0.3, -0.25) is 0 Å². The fourth-order valence-electron chi connectivity index (χ4n) is 1.30. The fraction of sp³-hybridized carbons (Fsp3) is 0.750. The van der Waals surface area contributed by atoms with E-state index in [1.807, 2.05) is 20.8 Å². The maximum Gasteiger partial charge on any atom is 0.413 e. The van der Waals surface area contributed by atoms with Crippen LogP contribution in [-0.2, 0) is 13.0 Å². The third-order valence-electron chi connectivity index (χ3n) is 1.89. The molecule has 14 heavy (non-hydrogen) atoms. The Bertz CT molecular complexity index is 332. The minimum atomic E-state index is -0.475. The molecule has 0 spiro atoms. The summed E-state index contributed by atoms with van der Waals surface area (Å²) >= 11 is 0. The second kappa shape index (κ2) is 4.17. The summed E-state index contributed by atoms with van der Waals surface area (Å²) in [6, 6.07) is 0. The van der Waals surface area contributed by atoms with Gasteiger partial charge in [-0.25, -0.2) is 4.68 Å². The lowest BCUT2D eigenvalue weighted by Crippen LogP contribution is -2.07. The van der Waals surface area contributed by atoms with E-state index in [1.165, 1.54) is 0 Å². The number of hydrogen-bond acceptors (Lipinski definition) is 4. The molecule has 1 rings (SSSR count). The average molecular weight is 198 g/mol. The lowest BCUT2D eigenvalue weighted by atomic mass is 10.1. The first kappa shape index (κ1) is 10.6. The highest BCUT2D eigenvalue weighted by molar-refractivity contribution is 5.24. The molecule has 0 radical (unpaired) electrons. The SMILES string of the molecule is CCn1nnc([N+](=O)[O-])c1CC(C)C. The van der Waals surface area contributed by atoms with Crippen LogP contribution in [0.2, 0.25) is 0 Å². The van der Waals surface area contributed by atoms with E-state index in [0.29, 0.717) is 24.6 Å². The summed E-state index contributed by atoms with van der Waals surface area (Å²) in [5.41, 5.74) is 0.618. The van der Waals surface area contributed by atoms with Crippen LogP contribution in [0.25, 0.3) is 0 Å². The van der Waals surface area contributed by atoms with E-state index in [2.05, 4.69) is 10.3 Å². The molecular weight excluding hydrogens is 184 g/mol. The van der Waals surface area contributed by atoms with Crippen molar-refractivity contribution in [2.24, 2.45) is 5.92 Å². The quantitative estimate of drug-likeness (QED) is 0.541. The highest BCUT2D eigenvalue weighted by Crippen LogP contribution is 2.17. The van der Waals surface area contributed by atoms with Gasteiger partial charge in [0, 0.05) is 13.0 Å². The fourth-order valence-corrected chi connectivity index (χ4v) is 1.30. The summed E-state index contributed by atoms with van der Waals surface area (Å²) in [4.78, 5) is 10.1. The predicted octanol–water partition coefficient (Wildman–Crippen LogP) is 1.40. The van der Waals surface area contributed by atoms with Crippen LogP contribution in [0, 0.1) is 16.0 Å². The van der Waals surface area contributed by atoms with Crippen LogP contribution in [0.3, 0.4) is 0 Å². The van der Waals surface area contributed by atoms with Gasteiger partial charge in [-0.2, -0.15) is 0 Å². The minimum Gasteiger partial charge on any atom is -0.358 e. The van der Waals surface area contributed by atoms with E-state index >= 15 is 0 Å². The van der Waals surface area contributed by atoms with E-state index in [-0.39, 0.29) is 5.82 Å². The number of aromatic nitrogens is 3. The second-order valence-corrected chi connectivity index (χ2v) is 3.53. The molecule has 0 saturated carbocycles. The molecule has 0 aliphatic carbocycles. The Morgan fingerprint density at radius 2 is 2.21 bits per heavy atom. The van der Waals surface area contributed by atoms with Crippen molar-refractivity contribution in [3.8, 4) is 0 Å². The molecule has 0 bridgehead atoms. The van der Waals surface area contributed by atoms with Crippen molar-refractivity contribution in [3.05, 3.63) is 15.8 Å². The largest absolute Gasteiger partial charge is 0.413 e. The Morgan fingerprint density at radius 1 is 1.57 bits per heavy atom. The number of nitrogens with zero attached hydrogens (tertiary/aromatic N) is 4. The molecule has 0 amide bonds. The van der Waals surface area contributed by atoms with Gasteiger partial charge in [0.05, 0.1) is 5.21 Å². The lowest BCUT2D eigenvalue weighted by Gasteiger charge is -2.04. The van der Waals surface area contributed by atoms with Gasteiger partial charge in [0.1, 0.15) is 10.8 Å². The van der Waals surface area contributed by atoms with Gasteiger partial charge in [-0.1, -0.05) is 13.8 Å². The normalized spacial score (nSPS) is 10.9. The molecule has 0 N–H and O–H groups in total. The van der Waals surface area contributed by atoms with Gasteiger partial charge in [-0.05, 0) is 17.8 Å². The second-order valence-electron chi connectivity index (χ2n) is 3.53. The van der Waals surface area contributed by atoms with E-state index < -0.39 is 4.92 Å². The first-order valence-electron chi connectivity index (χ1n) is 4.63. The van der Waals surface area contributed by atoms with Crippen LogP contribution in [0.5, 0.6) is 0 Å². The summed E-state index contributed by atoms with van der Waals surface area (Å²) in [6.45, 7) is 6.53. The zero-order chi connectivity index (χ0) is 10.7. The average Bonchev–Trinajstić information content (AvgIpc) is 2.46. The van der Waals surface area contributed by atoms with E-state index in [1.54, 1.807) is 4.68 Å². The first-order valence-corrected chi connectivity index (χ1v) is 4.63. The third kappa shape index (κ3) is 2.07. The van der Waals surface area contributed by atoms with Crippen LogP contribution >= 0.6 is 0 Å². The summed E-state index contributed by atoms with van der Waals surface area (Å²) in [6.07, 6.45) is 0.636. The number of aryl methyl sites for hydroxylation is 1. The van der Waals surface area contributed by atoms with Crippen molar-refractivity contribution < 1.29 is 4.92 Å². The first-order chi connectivity index (χ1) is 6.56. The zero-order valence-electron chi connectivity index (χ0n) is 8.60. The van der Waals surface area contributed by atoms with Crippen molar-refractivity contribution in [3.63, 3.8) is 0 Å². The van der Waals surface area contributed by atoms with Gasteiger partial charge in [0.25, 0.3) is 0 Å². The summed E-state index contributed by atoms with van der Waals surface area (Å²) in [7, 11) is 0. The highest BCUT2D eigenvalue weighted by atomic mass is 16.6. The van der Waals surface area contributed by atoms with Crippen molar-refractivity contribution in [1.29, 1.82) is 0 Å². The van der Waals surface area contributed by atoms with Crippen molar-refractivity contribution in [2.75, 3.05) is 0 Å². The minimum absolute atomic E-state index is 0.111. The Hall–Kier alpha value is -1.46. The molecule has 1 aromatic rings. The summed E-state index contributed by atoms with van der Waals surface area (Å²) in [5.74, 6) is 0.248. The molecule has 0 atom stereocenters. The maximum atomic E-state index is 10.6. The molecule has 0 unspecified atom stereocenters. The lowest BCUT2D eigenvalue weighted by molar-refractivity contribution is -0.390. The molecule has 6 heteroatoms. The molecular formula is C8H14N4O2. The molecule has 1 heterocycles. The Balaban J connectivity index is 3.06. The predicted molar refractivity (Wildman–Crippen MR) is 50.9 cm³/mol. The number of hydrogen-bond donors (Lipinski definition) is 0. The molecule has 0 aromatic carbocycles. The number of rotatable bonds is 4. The molecule has 0 fully saturated rings. The van der Waals surface area contributed by atoms with E-state index in [9.17, 15) is 10.1 Å². The van der Waals surface area contributed by atoms with Crippen molar-refractivity contribution in [2.45, 2.75) is 33.7 Å². The Kier molecular flexibility index (Phi) is 3.16. The topological polar surface area (TPSA) is 73.8 Å². The van der Waals surface area contributed by atoms with Crippen LogP contribution in [0.15, 0.2) is 0 Å². The Morgan fingerprint density at radius 3 is 2.64 bits per heavy atom. The van der Waals surface area contributed by atoms with E-state index in [4.69, 9.17) is 0 Å². The van der Waals surface area contributed by atoms with Crippen LogP contribution in [-0.4, -0.2) is 19.9 Å². The van der Waals surface area contributed by atoms with Crippen LogP contribution < -0.4 is 0 Å². The van der Waals surface area contributed by atoms with E-state index in [0.717, 1.165) is 0 Å². The molecule has 0 saturated heterocycles. The molecule has 1 aromatic heterocycles. The number of nitro groups is 1. The summed E-state index contributed by atoms with van der Waals surface area (Å²) < 4.78 is 1.58. The molecule has 6 nitrogen and oxygen atoms in total. The standard InChI is InChI=1S/C8H14N4O2/c1-4-11-7(5-6(2)3)8(9-10-11)12(13)14/h6H,4-5H2,1-3H3. The van der Waals surface area contributed by atoms with Crippen molar-refractivity contribution in [1.82, 2.24) is 15.0 Å². The zero-order valence-corrected chi connectivity index (χ0v) is 8.60. The maximum absolute atomic E-state index is 10.6. The highest BCUT2D eigenvalue weighted by Gasteiger charge is 2.23. The van der Waals surface area contributed by atoms with Gasteiger partial charge in [-0.15, -0.1) is 0 Å². The smallest absolute Gasteiger partial charge is 0.358 e. The molecule has 0 aliphatic heterocycles. The van der Waals surface area contributed by atoms with Gasteiger partial charge in [0.2, 0.25) is 0 Å². The van der Waals surface area contributed by atoms with Gasteiger partial charge in [0.15, 0.2) is 0 Å². The molecule has 0 aliphatic rings.